The second-order valence-electron chi connectivity index (χ2n) is 36.7. The lowest BCUT2D eigenvalue weighted by Crippen LogP contribution is -2.65. The number of esters is 2. The molecule has 0 aromatic carbocycles. The van der Waals surface area contributed by atoms with Gasteiger partial charge in [-0.15, -0.1) is 0 Å². The van der Waals surface area contributed by atoms with Crippen LogP contribution in [0.25, 0.3) is 0 Å². The molecule has 0 radical (unpaired) electrons. The quantitative estimate of drug-likeness (QED) is 0.127. The maximum atomic E-state index is 12.7. The van der Waals surface area contributed by atoms with E-state index >= 15 is 0 Å². The molecule has 0 aromatic rings. The van der Waals surface area contributed by atoms with Crippen LogP contribution in [0.4, 0.5) is 0 Å². The molecule has 28 N–H and O–H groups in total. The number of aliphatic carboxylic acids is 2. The Hall–Kier alpha value is -6.96. The van der Waals surface area contributed by atoms with E-state index < -0.39 is 294 Å². The predicted molar refractivity (Wildman–Crippen MR) is 499 cm³/mol. The van der Waals surface area contributed by atoms with E-state index in [2.05, 4.69) is 0 Å². The average Bonchev–Trinajstić information content (AvgIpc) is 0.788. The fourth-order valence-electron chi connectivity index (χ4n) is 17.1. The number of nitrogens with two attached hydrogens (primary N) is 3. The van der Waals surface area contributed by atoms with Crippen LogP contribution < -0.4 is 17.2 Å². The predicted octanol–water partition coefficient (Wildman–Crippen LogP) is 0.684. The molecule has 4 saturated heterocycles. The number of hydrogen-bond donors (Lipinski definition) is 25. The molecule has 6 aliphatic heterocycles. The van der Waals surface area contributed by atoms with E-state index in [-0.39, 0.29) is 89.4 Å². The molecule has 0 saturated carbocycles. The normalized spacial score (nSPS) is 44.1. The molecule has 0 aromatic heterocycles. The summed E-state index contributed by atoms with van der Waals surface area (Å²) >= 11 is 0. The first-order valence-corrected chi connectivity index (χ1v) is 47.0. The number of rotatable bonds is 11. The van der Waals surface area contributed by atoms with Crippen molar-refractivity contribution in [2.45, 2.75) is 353 Å². The van der Waals surface area contributed by atoms with E-state index in [1.807, 2.05) is 50.3 Å². The Morgan fingerprint density at radius 2 is 0.684 bits per heavy atom. The van der Waals surface area contributed by atoms with E-state index in [0.717, 1.165) is 0 Å². The van der Waals surface area contributed by atoms with Gasteiger partial charge < -0.3 is 167 Å². The summed E-state index contributed by atoms with van der Waals surface area (Å²) in [7, 11) is 0. The number of carbonyl (C=O) groups excluding carboxylic acids is 2. The van der Waals surface area contributed by atoms with Crippen LogP contribution >= 0.6 is 0 Å². The first-order valence-electron chi connectivity index (χ1n) is 47.0. The maximum absolute atomic E-state index is 12.7. The summed E-state index contributed by atoms with van der Waals surface area (Å²) in [5, 5.41) is 239. The molecule has 0 aliphatic carbocycles. The van der Waals surface area contributed by atoms with Gasteiger partial charge in [0, 0.05) is 101 Å². The molecule has 4 bridgehead atoms. The molecule has 772 valence electrons. The fourth-order valence-corrected chi connectivity index (χ4v) is 17.1. The van der Waals surface area contributed by atoms with Crippen LogP contribution in [0.5, 0.6) is 0 Å². The van der Waals surface area contributed by atoms with Gasteiger partial charge in [0.2, 0.25) is 0 Å². The second kappa shape index (κ2) is 61.0. The second-order valence-corrected chi connectivity index (χ2v) is 36.7. The van der Waals surface area contributed by atoms with E-state index in [1.54, 1.807) is 167 Å². The number of nitrogens with zero attached hydrogens (tertiary/aromatic N) is 1. The minimum Gasteiger partial charge on any atom is -0.481 e. The summed E-state index contributed by atoms with van der Waals surface area (Å²) in [6.07, 6.45) is 6.93. The standard InChI is InChI=1S/C51H83N3O17.C47H73NO17/c1-31-17-15-13-11-9-7-5-6-8-10-12-14-16-18-38(70-50-48(64)45(47(63)34(4)69-50)54(23-21-52)24-22-53)28-42-44(49(65)66)41(60)30-51(67,71-42)29-37(57)26-40(59)39(58)20-19-35(55)25-36(56)27-43(61)68-33(3)32(2)46(31)62;1-27-17-15-13-11-9-7-5-6-8-10-12-14-16-18-34(64-46-44(58)41(48)43(57)30(4)63-46)24-38-40(45(59)60)37(54)26-47(61,65-38)25-33(51)22-36(53)35(52)20-19-31(49)21-32(50)23-39(55)62-29(3)28(2)42(27)56/h5-18,31-42,44-48,50,55-60,62-64,67H,19-30,52-53H2,1-4H3,(H,65,66);5-18,27-38,40-44,46,49-54,56-58,61H,19-26,48H2,1-4H3,(H,59,60)/b2*6-5+,9-7+,10-8+,13-11+,14-12+,17-15+,18-16+/t31-,32-,33-,34+,35+,36+,37-,38-,39+,40+,41-,42?,44+,45-,46+,47+,48-,50?,51+;27-,28-,29-,30+,31+,32+,33-,34-,35+,36+,37-,38?,40+,41-,42+,43+,44-,46?,47+/m00/s1. The Morgan fingerprint density at radius 3 is 1.01 bits per heavy atom. The SMILES string of the molecule is C[C@@H]1[C@H](O)[C@@H](C)/C=C/C=C/C=C/C=C/C=C/C=C/C=C/[C@H](OC2O[C@H](C)[C@@H](O)[C@H](N(CCN)CCN)[C@@H]2O)CC2O[C@](O)(C[C@@H](O)C[C@@H](O)[C@H](O)CC[C@@H](O)C[C@@H](O)CC(=O)O[C@H]1C)C[C@H](O)[C@H]2C(=O)O.C[C@@H]1[C@H](O)[C@@H](C)/C=C/C=C/C=C/C=C/C=C/C=C/C=C/[C@H](OC2O[C@H](C)[C@@H](O)[C@H](N)[C@@H]2O)CC2O[C@](O)(C[C@@H](O)C[C@@H](O)[C@H](O)CC[C@@H](O)C[C@@H](O)CC(=O)O[C@H]1C)C[C@H](O)[C@H]2C(=O)O. The lowest BCUT2D eigenvalue weighted by molar-refractivity contribution is -0.312. The highest BCUT2D eigenvalue weighted by molar-refractivity contribution is 5.72. The molecule has 38 atom stereocenters. The molecule has 136 heavy (non-hydrogen) atoms. The third-order valence-electron chi connectivity index (χ3n) is 25.2. The highest BCUT2D eigenvalue weighted by Crippen LogP contribution is 2.41. The Bertz CT molecular complexity index is 3950. The van der Waals surface area contributed by atoms with Gasteiger partial charge in [0.15, 0.2) is 24.2 Å². The third kappa shape index (κ3) is 41.3. The van der Waals surface area contributed by atoms with Crippen molar-refractivity contribution >= 4 is 23.9 Å². The molecule has 6 aliphatic rings. The van der Waals surface area contributed by atoms with Crippen molar-refractivity contribution in [3.8, 4) is 0 Å². The highest BCUT2D eigenvalue weighted by atomic mass is 16.7. The molecule has 6 heterocycles. The number of ether oxygens (including phenoxy) is 8. The van der Waals surface area contributed by atoms with E-state index in [9.17, 15) is 132 Å². The zero-order chi connectivity index (χ0) is 101. The Balaban J connectivity index is 0.000000482. The van der Waals surface area contributed by atoms with Crippen LogP contribution in [-0.4, -0.2) is 362 Å². The molecule has 0 amide bonds. The number of carbonyl (C=O) groups is 4. The number of cyclic esters (lactones) is 2. The number of hydrogen-bond acceptors (Lipinski definition) is 36. The summed E-state index contributed by atoms with van der Waals surface area (Å²) in [6, 6.07) is -2.07. The molecule has 0 spiro atoms. The monoisotopic (exact) mass is 1930 g/mol. The molecule has 4 unspecified atom stereocenters. The highest BCUT2D eigenvalue weighted by Gasteiger charge is 2.54. The van der Waals surface area contributed by atoms with Gasteiger partial charge in [-0.3, -0.25) is 24.1 Å². The van der Waals surface area contributed by atoms with Crippen LogP contribution in [-0.2, 0) is 57.1 Å². The van der Waals surface area contributed by atoms with Crippen LogP contribution in [0.2, 0.25) is 0 Å². The first-order chi connectivity index (χ1) is 64.2. The van der Waals surface area contributed by atoms with Gasteiger partial charge >= 0.3 is 23.9 Å². The summed E-state index contributed by atoms with van der Waals surface area (Å²) in [4.78, 5) is 52.1. The zero-order valence-corrected chi connectivity index (χ0v) is 79.0. The largest absolute Gasteiger partial charge is 0.481 e. The fraction of sp³-hybridized carbons (Fsp3) is 0.673. The van der Waals surface area contributed by atoms with Gasteiger partial charge in [0.1, 0.15) is 36.3 Å². The minimum atomic E-state index is -2.35. The van der Waals surface area contributed by atoms with Crippen molar-refractivity contribution in [2.75, 3.05) is 26.2 Å². The molecule has 4 fully saturated rings. The topological polar surface area (TPSA) is 668 Å². The van der Waals surface area contributed by atoms with Crippen molar-refractivity contribution in [3.05, 3.63) is 170 Å². The molecular weight excluding hydrogens is 1780 g/mol. The lowest BCUT2D eigenvalue weighted by atomic mass is 9.82. The van der Waals surface area contributed by atoms with Gasteiger partial charge in [-0.1, -0.05) is 198 Å². The van der Waals surface area contributed by atoms with Crippen molar-refractivity contribution in [2.24, 2.45) is 52.7 Å². The van der Waals surface area contributed by atoms with Crippen molar-refractivity contribution in [3.63, 3.8) is 0 Å². The molecule has 6 rings (SSSR count). The van der Waals surface area contributed by atoms with Gasteiger partial charge in [0.25, 0.3) is 0 Å². The number of carboxylic acids is 2. The van der Waals surface area contributed by atoms with E-state index in [0.29, 0.717) is 0 Å². The van der Waals surface area contributed by atoms with Crippen molar-refractivity contribution in [1.29, 1.82) is 0 Å². The summed E-state index contributed by atoms with van der Waals surface area (Å²) in [5.74, 6) is -13.7. The number of aliphatic hydroxyl groups is 20. The third-order valence-corrected chi connectivity index (χ3v) is 25.2. The minimum absolute atomic E-state index is 0.107. The van der Waals surface area contributed by atoms with Gasteiger partial charge in [-0.25, -0.2) is 0 Å². The lowest BCUT2D eigenvalue weighted by Gasteiger charge is -2.47. The Morgan fingerprint density at radius 1 is 0.368 bits per heavy atom. The maximum Gasteiger partial charge on any atom is 0.311 e. The molecule has 38 nitrogen and oxygen atoms in total. The van der Waals surface area contributed by atoms with Crippen molar-refractivity contribution < 1.29 is 169 Å². The zero-order valence-electron chi connectivity index (χ0n) is 79.0. The smallest absolute Gasteiger partial charge is 0.311 e. The Labute approximate surface area is 796 Å². The number of aliphatic hydroxyl groups excluding tert-OH is 18. The van der Waals surface area contributed by atoms with Crippen LogP contribution in [0, 0.1) is 35.5 Å². The number of allylic oxidation sites excluding steroid dienone is 24. The van der Waals surface area contributed by atoms with Crippen LogP contribution in [0.3, 0.4) is 0 Å². The summed E-state index contributed by atoms with van der Waals surface area (Å²) in [5.41, 5.74) is 17.7. The molecule has 38 heteroatoms. The van der Waals surface area contributed by atoms with E-state index in [4.69, 9.17) is 55.1 Å². The molecular formula is C98H156N4O34. The average molecular weight is 1930 g/mol. The van der Waals surface area contributed by atoms with Crippen LogP contribution in [0.1, 0.15) is 158 Å². The van der Waals surface area contributed by atoms with Gasteiger partial charge in [0.05, 0.1) is 159 Å². The first kappa shape index (κ1) is 120. The van der Waals surface area contributed by atoms with E-state index in [1.165, 1.54) is 13.0 Å². The van der Waals surface area contributed by atoms with Gasteiger partial charge in [-0.2, -0.15) is 0 Å². The van der Waals surface area contributed by atoms with Crippen LogP contribution in [0.15, 0.2) is 170 Å². The Kier molecular flexibility index (Phi) is 53.6. The summed E-state index contributed by atoms with van der Waals surface area (Å²) < 4.78 is 46.9. The number of fused-ring (bicyclic) bond motifs is 4. The summed E-state index contributed by atoms with van der Waals surface area (Å²) in [6.45, 7) is 14.5. The van der Waals surface area contributed by atoms with Crippen molar-refractivity contribution in [1.82, 2.24) is 4.90 Å². The van der Waals surface area contributed by atoms with Gasteiger partial charge in [-0.05, 0) is 66.2 Å². The number of carboxylic acid groups (broad SMARTS) is 2.